The Kier molecular flexibility index (Phi) is 6.58. The van der Waals surface area contributed by atoms with Gasteiger partial charge in [-0.2, -0.15) is 0 Å². The molecule has 4 nitrogen and oxygen atoms in total. The van der Waals surface area contributed by atoms with Gasteiger partial charge >= 0.3 is 0 Å². The molecule has 0 atom stereocenters. The van der Waals surface area contributed by atoms with Crippen LogP contribution < -0.4 is 10.6 Å². The second kappa shape index (κ2) is 8.03. The number of aryl methyl sites for hydroxylation is 1. The molecule has 4 heteroatoms. The molecule has 0 amide bonds. The second-order valence-electron chi connectivity index (χ2n) is 4.08. The number of nitrogens with one attached hydrogen (secondary N) is 2. The number of methoxy groups -OCH3 is 1. The number of anilines is 1. The summed E-state index contributed by atoms with van der Waals surface area (Å²) < 4.78 is 5.04. The number of ether oxygens (including phenoxy) is 1. The van der Waals surface area contributed by atoms with E-state index in [0.717, 1.165) is 37.4 Å². The van der Waals surface area contributed by atoms with Crippen molar-refractivity contribution in [2.24, 2.45) is 0 Å². The van der Waals surface area contributed by atoms with Crippen LogP contribution >= 0.6 is 0 Å². The monoisotopic (exact) mass is 237 g/mol. The van der Waals surface area contributed by atoms with Crippen LogP contribution in [0.4, 0.5) is 5.69 Å². The van der Waals surface area contributed by atoms with Crippen molar-refractivity contribution in [2.45, 2.75) is 26.8 Å². The fraction of sp³-hybridized carbons (Fsp3) is 0.615. The SMILES string of the molecule is CCCNCc1cnc(C)cc1NCCOC. The topological polar surface area (TPSA) is 46.2 Å². The summed E-state index contributed by atoms with van der Waals surface area (Å²) >= 11 is 0. The van der Waals surface area contributed by atoms with Gasteiger partial charge in [-0.05, 0) is 26.0 Å². The smallest absolute Gasteiger partial charge is 0.0635 e. The third-order valence-corrected chi connectivity index (χ3v) is 2.49. The van der Waals surface area contributed by atoms with E-state index in [-0.39, 0.29) is 0 Å². The van der Waals surface area contributed by atoms with E-state index in [1.54, 1.807) is 7.11 Å². The van der Waals surface area contributed by atoms with Crippen molar-refractivity contribution >= 4 is 5.69 Å². The maximum atomic E-state index is 5.04. The second-order valence-corrected chi connectivity index (χ2v) is 4.08. The van der Waals surface area contributed by atoms with E-state index in [9.17, 15) is 0 Å². The minimum atomic E-state index is 0.712. The molecule has 0 aromatic carbocycles. The van der Waals surface area contributed by atoms with Crippen LogP contribution in [0.3, 0.4) is 0 Å². The van der Waals surface area contributed by atoms with Gasteiger partial charge in [-0.1, -0.05) is 6.92 Å². The summed E-state index contributed by atoms with van der Waals surface area (Å²) in [6, 6.07) is 2.08. The zero-order chi connectivity index (χ0) is 12.5. The molecule has 1 rings (SSSR count). The van der Waals surface area contributed by atoms with Crippen molar-refractivity contribution in [1.82, 2.24) is 10.3 Å². The Hall–Kier alpha value is -1.13. The molecule has 0 saturated heterocycles. The van der Waals surface area contributed by atoms with E-state index in [0.29, 0.717) is 6.61 Å². The highest BCUT2D eigenvalue weighted by molar-refractivity contribution is 5.51. The first-order valence-corrected chi connectivity index (χ1v) is 6.17. The van der Waals surface area contributed by atoms with Gasteiger partial charge in [0.1, 0.15) is 0 Å². The van der Waals surface area contributed by atoms with Gasteiger partial charge in [-0.3, -0.25) is 4.98 Å². The first-order valence-electron chi connectivity index (χ1n) is 6.17. The van der Waals surface area contributed by atoms with E-state index >= 15 is 0 Å². The molecule has 2 N–H and O–H groups in total. The number of rotatable bonds is 8. The van der Waals surface area contributed by atoms with Crippen LogP contribution in [0.2, 0.25) is 0 Å². The van der Waals surface area contributed by atoms with Crippen molar-refractivity contribution in [3.8, 4) is 0 Å². The van der Waals surface area contributed by atoms with Gasteiger partial charge in [0.05, 0.1) is 6.61 Å². The first kappa shape index (κ1) is 13.9. The zero-order valence-electron chi connectivity index (χ0n) is 11.0. The van der Waals surface area contributed by atoms with E-state index in [4.69, 9.17) is 4.74 Å². The van der Waals surface area contributed by atoms with Crippen molar-refractivity contribution in [2.75, 3.05) is 32.1 Å². The van der Waals surface area contributed by atoms with Crippen LogP contribution in [-0.4, -0.2) is 31.8 Å². The summed E-state index contributed by atoms with van der Waals surface area (Å²) in [5.74, 6) is 0. The van der Waals surface area contributed by atoms with E-state index in [2.05, 4.69) is 28.6 Å². The van der Waals surface area contributed by atoms with Gasteiger partial charge in [0, 0.05) is 43.3 Å². The quantitative estimate of drug-likeness (QED) is 0.678. The summed E-state index contributed by atoms with van der Waals surface area (Å²) in [6.45, 7) is 7.59. The van der Waals surface area contributed by atoms with Crippen molar-refractivity contribution < 1.29 is 4.74 Å². The third-order valence-electron chi connectivity index (χ3n) is 2.49. The molecule has 0 radical (unpaired) electrons. The molecular formula is C13H23N3O. The number of hydrogen-bond acceptors (Lipinski definition) is 4. The molecule has 1 aromatic heterocycles. The molecule has 1 aromatic rings. The number of aromatic nitrogens is 1. The Morgan fingerprint density at radius 1 is 1.35 bits per heavy atom. The van der Waals surface area contributed by atoms with Gasteiger partial charge in [0.25, 0.3) is 0 Å². The minimum absolute atomic E-state index is 0.712. The lowest BCUT2D eigenvalue weighted by molar-refractivity contribution is 0.210. The summed E-state index contributed by atoms with van der Waals surface area (Å²) in [5.41, 5.74) is 3.39. The molecule has 17 heavy (non-hydrogen) atoms. The van der Waals surface area contributed by atoms with Gasteiger partial charge < -0.3 is 15.4 Å². The molecule has 0 aliphatic rings. The van der Waals surface area contributed by atoms with Crippen LogP contribution in [0.15, 0.2) is 12.3 Å². The molecular weight excluding hydrogens is 214 g/mol. The maximum absolute atomic E-state index is 5.04. The first-order chi connectivity index (χ1) is 8.27. The Morgan fingerprint density at radius 3 is 2.88 bits per heavy atom. The van der Waals surface area contributed by atoms with Crippen LogP contribution in [0.5, 0.6) is 0 Å². The normalized spacial score (nSPS) is 10.5. The lowest BCUT2D eigenvalue weighted by Crippen LogP contribution is -2.17. The molecule has 0 bridgehead atoms. The molecule has 0 saturated carbocycles. The van der Waals surface area contributed by atoms with Crippen LogP contribution in [-0.2, 0) is 11.3 Å². The number of hydrogen-bond donors (Lipinski definition) is 2. The van der Waals surface area contributed by atoms with Crippen LogP contribution in [0, 0.1) is 6.92 Å². The number of pyridine rings is 1. The average Bonchev–Trinajstić information content (AvgIpc) is 2.32. The fourth-order valence-electron chi connectivity index (χ4n) is 1.58. The lowest BCUT2D eigenvalue weighted by atomic mass is 10.2. The number of nitrogens with zero attached hydrogens (tertiary/aromatic N) is 1. The highest BCUT2D eigenvalue weighted by atomic mass is 16.5. The van der Waals surface area contributed by atoms with Gasteiger partial charge in [-0.25, -0.2) is 0 Å². The maximum Gasteiger partial charge on any atom is 0.0635 e. The zero-order valence-corrected chi connectivity index (χ0v) is 11.0. The summed E-state index contributed by atoms with van der Waals surface area (Å²) in [7, 11) is 1.71. The molecule has 0 spiro atoms. The van der Waals surface area contributed by atoms with E-state index in [1.807, 2.05) is 13.1 Å². The van der Waals surface area contributed by atoms with Crippen molar-refractivity contribution in [3.05, 3.63) is 23.5 Å². The Balaban J connectivity index is 2.59. The van der Waals surface area contributed by atoms with Gasteiger partial charge in [0.2, 0.25) is 0 Å². The van der Waals surface area contributed by atoms with Crippen molar-refractivity contribution in [3.63, 3.8) is 0 Å². The standard InChI is InChI=1S/C13H23N3O/c1-4-5-14-9-12-10-16-11(2)8-13(12)15-6-7-17-3/h8,10,14H,4-7,9H2,1-3H3,(H,15,16). The summed E-state index contributed by atoms with van der Waals surface area (Å²) in [4.78, 5) is 4.34. The summed E-state index contributed by atoms with van der Waals surface area (Å²) in [6.07, 6.45) is 3.08. The van der Waals surface area contributed by atoms with Gasteiger partial charge in [-0.15, -0.1) is 0 Å². The van der Waals surface area contributed by atoms with Crippen LogP contribution in [0.1, 0.15) is 24.6 Å². The predicted molar refractivity (Wildman–Crippen MR) is 71.3 cm³/mol. The van der Waals surface area contributed by atoms with Crippen LogP contribution in [0.25, 0.3) is 0 Å². The Morgan fingerprint density at radius 2 is 2.18 bits per heavy atom. The minimum Gasteiger partial charge on any atom is -0.383 e. The highest BCUT2D eigenvalue weighted by Gasteiger charge is 2.02. The molecule has 0 unspecified atom stereocenters. The summed E-state index contributed by atoms with van der Waals surface area (Å²) in [5, 5.41) is 6.77. The fourth-order valence-corrected chi connectivity index (χ4v) is 1.58. The van der Waals surface area contributed by atoms with E-state index < -0.39 is 0 Å². The van der Waals surface area contributed by atoms with Crippen molar-refractivity contribution in [1.29, 1.82) is 0 Å². The molecule has 96 valence electrons. The molecule has 0 fully saturated rings. The Bertz CT molecular complexity index is 328. The molecule has 0 aliphatic carbocycles. The lowest BCUT2D eigenvalue weighted by Gasteiger charge is -2.12. The van der Waals surface area contributed by atoms with Gasteiger partial charge in [0.15, 0.2) is 0 Å². The largest absolute Gasteiger partial charge is 0.383 e. The third kappa shape index (κ3) is 5.15. The molecule has 0 aliphatic heterocycles. The average molecular weight is 237 g/mol. The highest BCUT2D eigenvalue weighted by Crippen LogP contribution is 2.15. The van der Waals surface area contributed by atoms with E-state index in [1.165, 1.54) is 5.56 Å². The predicted octanol–water partition coefficient (Wildman–Crippen LogP) is 1.95. The Labute approximate surface area is 104 Å². The molecule has 1 heterocycles.